The van der Waals surface area contributed by atoms with Crippen LogP contribution in [0.2, 0.25) is 0 Å². The molecule has 3 N–H and O–H groups in total. The third kappa shape index (κ3) is 2.45. The van der Waals surface area contributed by atoms with Crippen molar-refractivity contribution < 1.29 is 4.79 Å². The predicted octanol–water partition coefficient (Wildman–Crippen LogP) is 3.12. The Kier molecular flexibility index (Phi) is 3.53. The number of imidazole rings is 1. The maximum atomic E-state index is 12.8. The van der Waals surface area contributed by atoms with E-state index in [-0.39, 0.29) is 11.8 Å². The van der Waals surface area contributed by atoms with Crippen LogP contribution in [0.15, 0.2) is 47.2 Å². The first-order valence-corrected chi connectivity index (χ1v) is 8.87. The van der Waals surface area contributed by atoms with Gasteiger partial charge in [-0.05, 0) is 31.9 Å². The molecule has 2 aliphatic rings. The molecule has 1 saturated carbocycles. The molecule has 0 saturated heterocycles. The summed E-state index contributed by atoms with van der Waals surface area (Å²) in [6.45, 7) is 2.06. The first kappa shape index (κ1) is 15.4. The van der Waals surface area contributed by atoms with Crippen molar-refractivity contribution in [1.29, 1.82) is 0 Å². The van der Waals surface area contributed by atoms with Crippen LogP contribution in [0.4, 0.5) is 5.69 Å². The molecular weight excluding hydrogens is 368 g/mol. The molecular formula is C18H19BrN4O. The molecule has 24 heavy (non-hydrogen) atoms. The van der Waals surface area contributed by atoms with Crippen LogP contribution in [0.5, 0.6) is 0 Å². The van der Waals surface area contributed by atoms with E-state index in [4.69, 9.17) is 5.73 Å². The minimum Gasteiger partial charge on any atom is -0.397 e. The lowest BCUT2D eigenvalue weighted by atomic mass is 9.81. The third-order valence-corrected chi connectivity index (χ3v) is 5.31. The Bertz CT molecular complexity index is 881. The number of nitrogens with one attached hydrogen (secondary N) is 1. The largest absolute Gasteiger partial charge is 0.397 e. The van der Waals surface area contributed by atoms with E-state index in [1.54, 1.807) is 6.33 Å². The summed E-state index contributed by atoms with van der Waals surface area (Å²) in [5.74, 6) is -0.230. The van der Waals surface area contributed by atoms with Crippen LogP contribution in [0.1, 0.15) is 19.8 Å². The fourth-order valence-corrected chi connectivity index (χ4v) is 3.78. The van der Waals surface area contributed by atoms with Gasteiger partial charge >= 0.3 is 0 Å². The van der Waals surface area contributed by atoms with Gasteiger partial charge in [0.1, 0.15) is 5.52 Å². The van der Waals surface area contributed by atoms with E-state index >= 15 is 0 Å². The maximum absolute atomic E-state index is 12.8. The van der Waals surface area contributed by atoms with Crippen molar-refractivity contribution in [3.05, 3.63) is 47.2 Å². The van der Waals surface area contributed by atoms with E-state index in [0.717, 1.165) is 28.3 Å². The summed E-state index contributed by atoms with van der Waals surface area (Å²) < 4.78 is 2.94. The smallest absolute Gasteiger partial charge is 0.229 e. The van der Waals surface area contributed by atoms with Gasteiger partial charge in [0.25, 0.3) is 0 Å². The number of fused-ring (bicyclic) bond motifs is 1. The average Bonchev–Trinajstić information content (AvgIpc) is 3.23. The van der Waals surface area contributed by atoms with Crippen LogP contribution in [0.3, 0.4) is 0 Å². The second kappa shape index (κ2) is 5.48. The number of carbonyl (C=O) groups is 1. The molecule has 1 aromatic carbocycles. The molecule has 0 aliphatic heterocycles. The average molecular weight is 387 g/mol. The number of halogens is 1. The minimum absolute atomic E-state index is 0.0606. The number of benzene rings is 1. The number of aromatic nitrogens is 2. The summed E-state index contributed by atoms with van der Waals surface area (Å²) >= 11 is 3.50. The topological polar surface area (TPSA) is 72.9 Å². The Balaban J connectivity index is 1.81. The van der Waals surface area contributed by atoms with Crippen LogP contribution < -0.4 is 11.1 Å². The number of carbonyl (C=O) groups excluding carboxylic acids is 1. The molecule has 2 aromatic rings. The molecule has 124 valence electrons. The molecule has 5 nitrogen and oxygen atoms in total. The molecule has 1 heterocycles. The van der Waals surface area contributed by atoms with Crippen molar-refractivity contribution in [2.45, 2.75) is 31.3 Å². The first-order valence-electron chi connectivity index (χ1n) is 8.08. The van der Waals surface area contributed by atoms with Crippen molar-refractivity contribution in [3.8, 4) is 0 Å². The minimum atomic E-state index is -0.532. The number of nitrogens with two attached hydrogens (primary N) is 1. The van der Waals surface area contributed by atoms with Crippen molar-refractivity contribution >= 4 is 38.6 Å². The number of anilines is 1. The van der Waals surface area contributed by atoms with E-state index in [1.807, 2.05) is 34.9 Å². The number of nitrogens with zero attached hydrogens (tertiary/aromatic N) is 2. The van der Waals surface area contributed by atoms with Gasteiger partial charge in [-0.15, -0.1) is 0 Å². The summed E-state index contributed by atoms with van der Waals surface area (Å²) in [6, 6.07) is 4.17. The molecule has 2 aliphatic carbocycles. The fourth-order valence-electron chi connectivity index (χ4n) is 3.32. The highest BCUT2D eigenvalue weighted by atomic mass is 79.9. The highest BCUT2D eigenvalue weighted by Crippen LogP contribution is 2.37. The van der Waals surface area contributed by atoms with E-state index in [9.17, 15) is 4.79 Å². The number of hydrogen-bond acceptors (Lipinski definition) is 3. The maximum Gasteiger partial charge on any atom is 0.229 e. The van der Waals surface area contributed by atoms with Gasteiger partial charge in [0.05, 0.1) is 29.0 Å². The SMILES string of the molecule is CC1(n2cnc3c(N)cc(Br)cc32)C=CC=CC1C(=O)NC1CC1. The second-order valence-corrected chi connectivity index (χ2v) is 7.62. The summed E-state index contributed by atoms with van der Waals surface area (Å²) in [6.07, 6.45) is 11.9. The van der Waals surface area contributed by atoms with Gasteiger partial charge in [0.2, 0.25) is 5.91 Å². The van der Waals surface area contributed by atoms with Crippen LogP contribution in [-0.4, -0.2) is 21.5 Å². The number of rotatable bonds is 3. The predicted molar refractivity (Wildman–Crippen MR) is 98.4 cm³/mol. The number of nitrogen functional groups attached to an aromatic ring is 1. The molecule has 0 bridgehead atoms. The van der Waals surface area contributed by atoms with Gasteiger partial charge in [-0.3, -0.25) is 4.79 Å². The standard InChI is InChI=1S/C18H19BrN4O/c1-18(7-3-2-4-13(18)17(24)22-12-5-6-12)23-10-21-16-14(20)8-11(19)9-15(16)23/h2-4,7-10,12-13H,5-6,20H2,1H3,(H,22,24). The Labute approximate surface area is 148 Å². The van der Waals surface area contributed by atoms with Crippen LogP contribution in [0, 0.1) is 5.92 Å². The number of allylic oxidation sites excluding steroid dienone is 3. The Morgan fingerprint density at radius 2 is 2.21 bits per heavy atom. The number of hydrogen-bond donors (Lipinski definition) is 2. The Morgan fingerprint density at radius 3 is 2.96 bits per heavy atom. The lowest BCUT2D eigenvalue weighted by molar-refractivity contribution is -0.125. The van der Waals surface area contributed by atoms with Crippen molar-refractivity contribution in [2.75, 3.05) is 5.73 Å². The lowest BCUT2D eigenvalue weighted by Gasteiger charge is -2.36. The van der Waals surface area contributed by atoms with Crippen molar-refractivity contribution in [1.82, 2.24) is 14.9 Å². The van der Waals surface area contributed by atoms with Crippen LogP contribution >= 0.6 is 15.9 Å². The zero-order valence-corrected chi connectivity index (χ0v) is 15.0. The molecule has 1 aromatic heterocycles. The highest BCUT2D eigenvalue weighted by Gasteiger charge is 2.40. The highest BCUT2D eigenvalue weighted by molar-refractivity contribution is 9.10. The first-order chi connectivity index (χ1) is 11.5. The van der Waals surface area contributed by atoms with E-state index in [0.29, 0.717) is 11.7 Å². The van der Waals surface area contributed by atoms with Gasteiger partial charge in [-0.25, -0.2) is 4.98 Å². The summed E-state index contributed by atoms with van der Waals surface area (Å²) in [7, 11) is 0. The van der Waals surface area contributed by atoms with Gasteiger partial charge in [-0.1, -0.05) is 40.2 Å². The molecule has 0 radical (unpaired) electrons. The Morgan fingerprint density at radius 1 is 1.42 bits per heavy atom. The van der Waals surface area contributed by atoms with Crippen LogP contribution in [-0.2, 0) is 10.3 Å². The zero-order chi connectivity index (χ0) is 16.9. The lowest BCUT2D eigenvalue weighted by Crippen LogP contribution is -2.46. The number of amides is 1. The fraction of sp³-hybridized carbons (Fsp3) is 0.333. The van der Waals surface area contributed by atoms with Gasteiger partial charge in [-0.2, -0.15) is 0 Å². The molecule has 1 amide bonds. The molecule has 2 unspecified atom stereocenters. The van der Waals surface area contributed by atoms with E-state index < -0.39 is 5.54 Å². The summed E-state index contributed by atoms with van der Waals surface area (Å²) in [4.78, 5) is 17.2. The third-order valence-electron chi connectivity index (χ3n) is 4.85. The zero-order valence-electron chi connectivity index (χ0n) is 13.4. The summed E-state index contributed by atoms with van der Waals surface area (Å²) in [5.41, 5.74) is 7.85. The molecule has 1 fully saturated rings. The molecule has 2 atom stereocenters. The van der Waals surface area contributed by atoms with Crippen molar-refractivity contribution in [3.63, 3.8) is 0 Å². The van der Waals surface area contributed by atoms with Gasteiger partial charge in [0.15, 0.2) is 0 Å². The monoisotopic (exact) mass is 386 g/mol. The second-order valence-electron chi connectivity index (χ2n) is 6.71. The molecule has 4 rings (SSSR count). The van der Waals surface area contributed by atoms with Gasteiger partial charge in [0, 0.05) is 10.5 Å². The van der Waals surface area contributed by atoms with Gasteiger partial charge < -0.3 is 15.6 Å². The molecule has 0 spiro atoms. The van der Waals surface area contributed by atoms with E-state index in [1.165, 1.54) is 0 Å². The quantitative estimate of drug-likeness (QED) is 0.795. The Hall–Kier alpha value is -2.08. The van der Waals surface area contributed by atoms with Crippen LogP contribution in [0.25, 0.3) is 11.0 Å². The van der Waals surface area contributed by atoms with E-state index in [2.05, 4.69) is 39.2 Å². The normalized spacial score (nSPS) is 26.0. The van der Waals surface area contributed by atoms with Crippen molar-refractivity contribution in [2.24, 2.45) is 5.92 Å². The summed E-state index contributed by atoms with van der Waals surface area (Å²) in [5, 5.41) is 3.12. The molecule has 6 heteroatoms.